The molecule has 20 nitrogen and oxygen atoms in total. The summed E-state index contributed by atoms with van der Waals surface area (Å²) < 4.78 is 43.8. The minimum Gasteiger partial charge on any atom is -0.504 e. The summed E-state index contributed by atoms with van der Waals surface area (Å²) in [4.78, 5) is 26.8. The van der Waals surface area contributed by atoms with Crippen molar-refractivity contribution in [2.45, 2.75) is 61.4 Å². The molecule has 58 heavy (non-hydrogen) atoms. The molecule has 1 aromatic heterocycles. The average Bonchev–Trinajstić information content (AvgIpc) is 3.21. The molecule has 10 atom stereocenters. The molecule has 3 heterocycles. The second-order valence-corrected chi connectivity index (χ2v) is 13.1. The first-order chi connectivity index (χ1) is 27.7. The zero-order valence-electron chi connectivity index (χ0n) is 30.5. The second kappa shape index (κ2) is 17.5. The Bertz CT molecular complexity index is 2160. The van der Waals surface area contributed by atoms with E-state index in [4.69, 9.17) is 37.6 Å². The number of carbonyl (C=O) groups is 1. The number of hydrogen-bond donors (Lipinski definition) is 10. The van der Waals surface area contributed by atoms with Crippen LogP contribution < -0.4 is 29.1 Å². The molecule has 2 aliphatic rings. The first kappa shape index (κ1) is 42.1. The van der Waals surface area contributed by atoms with Crippen LogP contribution in [0.1, 0.15) is 5.56 Å². The Morgan fingerprint density at radius 1 is 0.707 bits per heavy atom. The molecule has 0 amide bonds. The van der Waals surface area contributed by atoms with Crippen LogP contribution in [0.15, 0.2) is 63.8 Å². The van der Waals surface area contributed by atoms with Crippen molar-refractivity contribution >= 4 is 23.0 Å². The van der Waals surface area contributed by atoms with E-state index < -0.39 is 109 Å². The van der Waals surface area contributed by atoms with Crippen molar-refractivity contribution in [1.29, 1.82) is 0 Å². The fraction of sp³-hybridized carbons (Fsp3) is 0.368. The molecule has 2 unspecified atom stereocenters. The number of hydrogen-bond acceptors (Lipinski definition) is 20. The van der Waals surface area contributed by atoms with E-state index in [1.54, 1.807) is 0 Å². The van der Waals surface area contributed by atoms with Crippen molar-refractivity contribution in [2.24, 2.45) is 0 Å². The third-order valence-electron chi connectivity index (χ3n) is 9.36. The molecule has 312 valence electrons. The Morgan fingerprint density at radius 2 is 1.26 bits per heavy atom. The molecule has 2 aliphatic heterocycles. The van der Waals surface area contributed by atoms with E-state index in [2.05, 4.69) is 0 Å². The Kier molecular flexibility index (Phi) is 12.7. The van der Waals surface area contributed by atoms with E-state index in [-0.39, 0.29) is 39.9 Å². The topological polar surface area (TPSA) is 314 Å². The van der Waals surface area contributed by atoms with Gasteiger partial charge in [-0.25, -0.2) is 4.79 Å². The van der Waals surface area contributed by atoms with Crippen LogP contribution in [0.3, 0.4) is 0 Å². The van der Waals surface area contributed by atoms with Crippen molar-refractivity contribution < 1.29 is 93.4 Å². The number of rotatable bonds is 12. The maximum Gasteiger partial charge on any atom is 0.336 e. The van der Waals surface area contributed by atoms with Gasteiger partial charge in [-0.15, -0.1) is 0 Å². The second-order valence-electron chi connectivity index (χ2n) is 13.1. The summed E-state index contributed by atoms with van der Waals surface area (Å²) in [6.45, 7) is -1.48. The summed E-state index contributed by atoms with van der Waals surface area (Å²) in [5.41, 5.74) is -0.560. The number of aliphatic hydroxyl groups excluding tert-OH is 8. The molecule has 10 N–H and O–H groups in total. The Labute approximate surface area is 327 Å². The van der Waals surface area contributed by atoms with Gasteiger partial charge in [0.15, 0.2) is 28.4 Å². The largest absolute Gasteiger partial charge is 0.504 e. The first-order valence-electron chi connectivity index (χ1n) is 17.4. The van der Waals surface area contributed by atoms with Gasteiger partial charge in [0.05, 0.1) is 27.4 Å². The summed E-state index contributed by atoms with van der Waals surface area (Å²) in [6, 6.07) is 10.5. The van der Waals surface area contributed by atoms with Crippen molar-refractivity contribution in [3.63, 3.8) is 0 Å². The van der Waals surface area contributed by atoms with Gasteiger partial charge in [0.1, 0.15) is 71.3 Å². The lowest BCUT2D eigenvalue weighted by atomic mass is 9.99. The van der Waals surface area contributed by atoms with Crippen LogP contribution >= 0.6 is 0 Å². The van der Waals surface area contributed by atoms with Crippen LogP contribution in [-0.4, -0.2) is 146 Å². The number of methoxy groups -OCH3 is 2. The third-order valence-corrected chi connectivity index (χ3v) is 9.36. The maximum atomic E-state index is 13.5. The van der Waals surface area contributed by atoms with E-state index in [0.29, 0.717) is 5.56 Å². The highest BCUT2D eigenvalue weighted by atomic mass is 16.7. The van der Waals surface area contributed by atoms with Crippen LogP contribution in [-0.2, 0) is 14.3 Å². The fourth-order valence-electron chi connectivity index (χ4n) is 6.19. The van der Waals surface area contributed by atoms with E-state index in [1.165, 1.54) is 56.7 Å². The van der Waals surface area contributed by atoms with Crippen LogP contribution in [0.4, 0.5) is 0 Å². The Balaban J connectivity index is 1.34. The number of carbonyl (C=O) groups excluding carboxylic acids is 1. The first-order valence-corrected chi connectivity index (χ1v) is 17.4. The lowest BCUT2D eigenvalue weighted by Gasteiger charge is -2.39. The summed E-state index contributed by atoms with van der Waals surface area (Å²) >= 11 is 0. The number of ether oxygens (including phenoxy) is 7. The van der Waals surface area contributed by atoms with E-state index >= 15 is 0 Å². The molecule has 0 spiro atoms. The molecule has 0 saturated carbocycles. The molecule has 4 aromatic rings. The molecule has 6 rings (SSSR count). The van der Waals surface area contributed by atoms with Gasteiger partial charge in [-0.2, -0.15) is 0 Å². The van der Waals surface area contributed by atoms with Crippen LogP contribution in [0.25, 0.3) is 28.4 Å². The van der Waals surface area contributed by atoms with Gasteiger partial charge in [-0.1, -0.05) is 0 Å². The Hall–Kier alpha value is -5.52. The summed E-state index contributed by atoms with van der Waals surface area (Å²) in [5.74, 6) is -3.53. The minimum absolute atomic E-state index is 0.0313. The smallest absolute Gasteiger partial charge is 0.336 e. The predicted octanol–water partition coefficient (Wildman–Crippen LogP) is -1.14. The molecule has 3 aromatic carbocycles. The third kappa shape index (κ3) is 8.37. The van der Waals surface area contributed by atoms with E-state index in [9.17, 15) is 60.7 Å². The van der Waals surface area contributed by atoms with Gasteiger partial charge in [0, 0.05) is 23.8 Å². The van der Waals surface area contributed by atoms with E-state index in [0.717, 1.165) is 18.2 Å². The van der Waals surface area contributed by atoms with Gasteiger partial charge < -0.3 is 88.6 Å². The van der Waals surface area contributed by atoms with Crippen molar-refractivity contribution in [2.75, 3.05) is 27.4 Å². The van der Waals surface area contributed by atoms with Crippen molar-refractivity contribution in [3.8, 4) is 51.6 Å². The van der Waals surface area contributed by atoms with Crippen LogP contribution in [0, 0.1) is 0 Å². The minimum atomic E-state index is -1.97. The monoisotopic (exact) mass is 816 g/mol. The molecule has 0 radical (unpaired) electrons. The van der Waals surface area contributed by atoms with Gasteiger partial charge in [-0.3, -0.25) is 4.79 Å². The Morgan fingerprint density at radius 3 is 1.79 bits per heavy atom. The zero-order chi connectivity index (χ0) is 42.0. The SMILES string of the molecule is COc1cc(/C=C/C(=O)Oc2cc3oc(-c4ccc(OC5O[C@H](CO)[C@@H](O)[C@H](O)[C@H]5O)cc4)cc(=O)c3c(O)c2OC2O[C@H](CO)[C@@H](O)[C@H](O)[C@H]2O)cc(OC)c1O. The molecule has 20 heteroatoms. The number of fused-ring (bicyclic) bond motifs is 1. The van der Waals surface area contributed by atoms with Gasteiger partial charge in [-0.05, 0) is 48.0 Å². The highest BCUT2D eigenvalue weighted by molar-refractivity contribution is 5.93. The average molecular weight is 817 g/mol. The number of benzene rings is 3. The predicted molar refractivity (Wildman–Crippen MR) is 194 cm³/mol. The highest BCUT2D eigenvalue weighted by Crippen LogP contribution is 2.44. The quantitative estimate of drug-likeness (QED) is 0.0459. The van der Waals surface area contributed by atoms with Gasteiger partial charge >= 0.3 is 5.97 Å². The molecular weight excluding hydrogens is 776 g/mol. The molecule has 2 fully saturated rings. The lowest BCUT2D eigenvalue weighted by molar-refractivity contribution is -0.277. The fourth-order valence-corrected chi connectivity index (χ4v) is 6.19. The number of phenols is 2. The van der Waals surface area contributed by atoms with E-state index in [1.807, 2.05) is 0 Å². The van der Waals surface area contributed by atoms with Crippen molar-refractivity contribution in [3.05, 3.63) is 70.4 Å². The van der Waals surface area contributed by atoms with Gasteiger partial charge in [0.25, 0.3) is 0 Å². The molecule has 0 aliphatic carbocycles. The van der Waals surface area contributed by atoms with Crippen molar-refractivity contribution in [1.82, 2.24) is 0 Å². The summed E-state index contributed by atoms with van der Waals surface area (Å²) in [7, 11) is 2.61. The number of aromatic hydroxyl groups is 2. The number of esters is 1. The molecule has 2 saturated heterocycles. The maximum absolute atomic E-state index is 13.5. The standard InChI is InChI=1S/C38H40O20/c1-51-21-9-15(10-22(52-2)28(21)43)3-8-26(42)55-23-12-20-27(31(46)36(23)58-38-35(50)33(48)30(45)25(14-40)57-38)18(41)11-19(54-20)16-4-6-17(7-5-16)53-37-34(49)32(47)29(44)24(13-39)56-37/h3-12,24-25,29-30,32-35,37-40,43-50H,13-14H2,1-2H3/b8-3+/t24-,25-,29-,30-,32+,33+,34-,35-,37?,38?/m1/s1. The van der Waals surface area contributed by atoms with Crippen LogP contribution in [0.2, 0.25) is 0 Å². The molecular formula is C38H40O20. The summed E-state index contributed by atoms with van der Waals surface area (Å²) in [6.07, 6.45) is -14.3. The highest BCUT2D eigenvalue weighted by Gasteiger charge is 2.46. The normalized spacial score (nSPS) is 27.3. The zero-order valence-corrected chi connectivity index (χ0v) is 30.5. The number of phenolic OH excluding ortho intramolecular Hbond substituents is 2. The van der Waals surface area contributed by atoms with Gasteiger partial charge in [0.2, 0.25) is 24.1 Å². The molecule has 0 bridgehead atoms. The summed E-state index contributed by atoms with van der Waals surface area (Å²) in [5, 5.41) is 102. The van der Waals surface area contributed by atoms with Crippen LogP contribution in [0.5, 0.6) is 40.2 Å². The lowest BCUT2D eigenvalue weighted by Crippen LogP contribution is -2.60. The number of aliphatic hydroxyl groups is 8.